The smallest absolute Gasteiger partial charge is 0.229 e. The molecule has 12 heteroatoms. The summed E-state index contributed by atoms with van der Waals surface area (Å²) in [7, 11) is 1.46. The van der Waals surface area contributed by atoms with Crippen molar-refractivity contribution in [2.75, 3.05) is 26.1 Å². The van der Waals surface area contributed by atoms with E-state index in [0.717, 1.165) is 0 Å². The molecule has 1 saturated heterocycles. The highest BCUT2D eigenvalue weighted by Crippen LogP contribution is 2.38. The van der Waals surface area contributed by atoms with Crippen LogP contribution in [0.3, 0.4) is 0 Å². The number of halogens is 1. The van der Waals surface area contributed by atoms with Crippen molar-refractivity contribution in [1.29, 1.82) is 10.5 Å². The van der Waals surface area contributed by atoms with Gasteiger partial charge in [0.05, 0.1) is 30.5 Å². The summed E-state index contributed by atoms with van der Waals surface area (Å²) in [5.41, 5.74) is 8.21. The summed E-state index contributed by atoms with van der Waals surface area (Å²) >= 11 is 1.22. The van der Waals surface area contributed by atoms with E-state index in [0.29, 0.717) is 52.3 Å². The van der Waals surface area contributed by atoms with E-state index in [1.165, 1.54) is 31.0 Å². The molecule has 0 aliphatic carbocycles. The average Bonchev–Trinajstić information content (AvgIpc) is 3.54. The number of oxazole rings is 1. The zero-order valence-electron chi connectivity index (χ0n) is 23.9. The van der Waals surface area contributed by atoms with Gasteiger partial charge in [-0.05, 0) is 50.6 Å². The number of nitrogen functional groups attached to an aromatic ring is 1. The summed E-state index contributed by atoms with van der Waals surface area (Å²) in [6, 6.07) is 15.7. The third kappa shape index (κ3) is 6.42. The number of hydrogen-bond donors (Lipinski definition) is 1. The first-order valence-electron chi connectivity index (χ1n) is 13.2. The standard InChI is InChI=1S/C31H28FN5O5S/c1-17-26(36-29(41-17)22-10-9-20(38-4)11-25(22)32)16-43-30-24(13-34)27(23(12-33)28(35)37-30)18-5-7-19(8-6-18)39-14-21-15-40-31(2,3)42-21/h5-11,21H,14-16H2,1-4H3,(H2,35,37)/t21-/m0/s1. The molecule has 1 fully saturated rings. The fraction of sp³-hybridized carbons (Fsp3) is 0.290. The molecule has 43 heavy (non-hydrogen) atoms. The molecular formula is C31H28FN5O5S. The quantitative estimate of drug-likeness (QED) is 0.225. The van der Waals surface area contributed by atoms with Crippen LogP contribution in [0.15, 0.2) is 51.9 Å². The van der Waals surface area contributed by atoms with Crippen LogP contribution >= 0.6 is 11.8 Å². The summed E-state index contributed by atoms with van der Waals surface area (Å²) < 4.78 is 42.6. The number of thioether (sulfide) groups is 1. The van der Waals surface area contributed by atoms with E-state index in [2.05, 4.69) is 22.1 Å². The Kier molecular flexibility index (Phi) is 8.55. The Labute approximate surface area is 252 Å². The summed E-state index contributed by atoms with van der Waals surface area (Å²) in [6.07, 6.45) is -0.190. The number of aromatic nitrogens is 2. The highest BCUT2D eigenvalue weighted by atomic mass is 32.2. The summed E-state index contributed by atoms with van der Waals surface area (Å²) in [4.78, 5) is 8.83. The Morgan fingerprint density at radius 1 is 1.09 bits per heavy atom. The molecule has 1 aliphatic heterocycles. The lowest BCUT2D eigenvalue weighted by atomic mass is 9.97. The highest BCUT2D eigenvalue weighted by molar-refractivity contribution is 7.98. The number of nitrogens with zero attached hydrogens (tertiary/aromatic N) is 4. The molecule has 0 spiro atoms. The molecule has 2 aromatic carbocycles. The number of benzene rings is 2. The molecule has 2 N–H and O–H groups in total. The topological polar surface area (TPSA) is 149 Å². The van der Waals surface area contributed by atoms with Gasteiger partial charge in [-0.3, -0.25) is 0 Å². The number of aryl methyl sites for hydroxylation is 1. The normalized spacial score (nSPS) is 15.6. The Morgan fingerprint density at radius 2 is 1.81 bits per heavy atom. The first kappa shape index (κ1) is 29.9. The van der Waals surface area contributed by atoms with Gasteiger partial charge >= 0.3 is 0 Å². The largest absolute Gasteiger partial charge is 0.497 e. The molecule has 5 rings (SSSR count). The van der Waals surface area contributed by atoms with Gasteiger partial charge in [0.1, 0.15) is 64.3 Å². The minimum absolute atomic E-state index is 0.00167. The first-order valence-corrected chi connectivity index (χ1v) is 14.2. The van der Waals surface area contributed by atoms with E-state index in [1.807, 2.05) is 13.8 Å². The van der Waals surface area contributed by atoms with Crippen molar-refractivity contribution in [2.45, 2.75) is 43.4 Å². The summed E-state index contributed by atoms with van der Waals surface area (Å²) in [6.45, 7) is 6.17. The molecule has 0 amide bonds. The maximum Gasteiger partial charge on any atom is 0.229 e. The van der Waals surface area contributed by atoms with E-state index in [9.17, 15) is 14.9 Å². The minimum Gasteiger partial charge on any atom is -0.497 e. The van der Waals surface area contributed by atoms with Crippen molar-refractivity contribution in [3.8, 4) is 46.2 Å². The molecule has 0 bridgehead atoms. The van der Waals surface area contributed by atoms with Crippen LogP contribution in [0, 0.1) is 35.4 Å². The lowest BCUT2D eigenvalue weighted by Crippen LogP contribution is -2.25. The zero-order chi connectivity index (χ0) is 30.7. The number of pyridine rings is 1. The second-order valence-corrected chi connectivity index (χ2v) is 11.1. The van der Waals surface area contributed by atoms with Crippen LogP contribution in [-0.2, 0) is 15.2 Å². The minimum atomic E-state index is -0.639. The van der Waals surface area contributed by atoms with Crippen LogP contribution in [0.25, 0.3) is 22.6 Å². The van der Waals surface area contributed by atoms with E-state index in [4.69, 9.17) is 29.1 Å². The maximum atomic E-state index is 14.6. The number of rotatable bonds is 9. The second-order valence-electron chi connectivity index (χ2n) is 10.1. The lowest BCUT2D eigenvalue weighted by molar-refractivity contribution is -0.141. The molecule has 0 unspecified atom stereocenters. The molecule has 1 atom stereocenters. The predicted molar refractivity (Wildman–Crippen MR) is 157 cm³/mol. The molecule has 4 aromatic rings. The Hall–Kier alpha value is -4.62. The van der Waals surface area contributed by atoms with Gasteiger partial charge in [-0.1, -0.05) is 23.9 Å². The molecular weight excluding hydrogens is 573 g/mol. The van der Waals surface area contributed by atoms with Crippen molar-refractivity contribution in [1.82, 2.24) is 9.97 Å². The van der Waals surface area contributed by atoms with Gasteiger partial charge in [-0.25, -0.2) is 14.4 Å². The number of nitrogens with two attached hydrogens (primary N) is 1. The average molecular weight is 602 g/mol. The lowest BCUT2D eigenvalue weighted by Gasteiger charge is -2.17. The van der Waals surface area contributed by atoms with Gasteiger partial charge in [-0.15, -0.1) is 0 Å². The van der Waals surface area contributed by atoms with Gasteiger partial charge < -0.3 is 29.1 Å². The van der Waals surface area contributed by atoms with Crippen LogP contribution in [0.1, 0.15) is 36.4 Å². The van der Waals surface area contributed by atoms with Gasteiger partial charge in [0.2, 0.25) is 5.89 Å². The van der Waals surface area contributed by atoms with Gasteiger partial charge in [0.15, 0.2) is 5.79 Å². The first-order chi connectivity index (χ1) is 20.6. The molecule has 1 aliphatic rings. The van der Waals surface area contributed by atoms with Gasteiger partial charge in [0.25, 0.3) is 0 Å². The number of anilines is 1. The van der Waals surface area contributed by atoms with Gasteiger partial charge in [0, 0.05) is 17.4 Å². The van der Waals surface area contributed by atoms with Crippen molar-refractivity contribution >= 4 is 17.6 Å². The SMILES string of the molecule is COc1ccc(-c2nc(CSc3nc(N)c(C#N)c(-c4ccc(OC[C@H]5COC(C)(C)O5)cc4)c3C#N)c(C)o2)c(F)c1. The molecule has 0 radical (unpaired) electrons. The van der Waals surface area contributed by atoms with Crippen LogP contribution in [0.2, 0.25) is 0 Å². The second kappa shape index (κ2) is 12.3. The molecule has 2 aromatic heterocycles. The predicted octanol–water partition coefficient (Wildman–Crippen LogP) is 6.01. The Balaban J connectivity index is 1.37. The summed E-state index contributed by atoms with van der Waals surface area (Å²) in [5, 5.41) is 20.4. The van der Waals surface area contributed by atoms with Crippen LogP contribution in [0.5, 0.6) is 11.5 Å². The van der Waals surface area contributed by atoms with Crippen molar-refractivity contribution in [2.24, 2.45) is 0 Å². The zero-order valence-corrected chi connectivity index (χ0v) is 24.8. The molecule has 220 valence electrons. The Bertz CT molecular complexity index is 1740. The third-order valence-corrected chi connectivity index (χ3v) is 7.69. The molecule has 0 saturated carbocycles. The molecule has 10 nitrogen and oxygen atoms in total. The van der Waals surface area contributed by atoms with E-state index in [1.54, 1.807) is 37.3 Å². The van der Waals surface area contributed by atoms with Crippen LogP contribution in [0.4, 0.5) is 10.2 Å². The number of ether oxygens (including phenoxy) is 4. The number of nitriles is 2. The van der Waals surface area contributed by atoms with Crippen molar-refractivity contribution in [3.63, 3.8) is 0 Å². The van der Waals surface area contributed by atoms with E-state index < -0.39 is 11.6 Å². The fourth-order valence-corrected chi connectivity index (χ4v) is 5.55. The van der Waals surface area contributed by atoms with Crippen LogP contribution in [-0.4, -0.2) is 42.2 Å². The van der Waals surface area contributed by atoms with E-state index in [-0.39, 0.29) is 40.3 Å². The van der Waals surface area contributed by atoms with Crippen LogP contribution < -0.4 is 15.2 Å². The van der Waals surface area contributed by atoms with Gasteiger partial charge in [-0.2, -0.15) is 10.5 Å². The number of methoxy groups -OCH3 is 1. The monoisotopic (exact) mass is 601 g/mol. The van der Waals surface area contributed by atoms with E-state index >= 15 is 0 Å². The summed E-state index contributed by atoms with van der Waals surface area (Å²) in [5.74, 6) is 0.680. The highest BCUT2D eigenvalue weighted by Gasteiger charge is 2.33. The van der Waals surface area contributed by atoms with Crippen molar-refractivity contribution < 1.29 is 27.8 Å². The van der Waals surface area contributed by atoms with Crippen molar-refractivity contribution in [3.05, 3.63) is 70.9 Å². The third-order valence-electron chi connectivity index (χ3n) is 6.71. The fourth-order valence-electron chi connectivity index (χ4n) is 4.55. The molecule has 3 heterocycles. The number of hydrogen-bond acceptors (Lipinski definition) is 11. The maximum absolute atomic E-state index is 14.6. The Morgan fingerprint density at radius 3 is 2.44 bits per heavy atom.